The topological polar surface area (TPSA) is 95.9 Å². The summed E-state index contributed by atoms with van der Waals surface area (Å²) in [6, 6.07) is -0.541. The van der Waals surface area contributed by atoms with Gasteiger partial charge in [-0.15, -0.1) is 0 Å². The molecule has 1 amide bonds. The largest absolute Gasteiger partial charge is 0.466 e. The summed E-state index contributed by atoms with van der Waals surface area (Å²) in [5, 5.41) is 23.5. The van der Waals surface area contributed by atoms with Crippen molar-refractivity contribution in [2.45, 2.75) is 469 Å². The number of amides is 1. The Morgan fingerprint density at radius 3 is 0.816 bits per heavy atom. The van der Waals surface area contributed by atoms with E-state index in [0.29, 0.717) is 25.9 Å². The van der Waals surface area contributed by atoms with Crippen LogP contribution in [-0.4, -0.2) is 47.4 Å². The molecule has 0 heterocycles. The molecule has 0 radical (unpaired) electrons. The number of allylic oxidation sites excluding steroid dienone is 4. The molecule has 0 aliphatic rings. The summed E-state index contributed by atoms with van der Waals surface area (Å²) in [4.78, 5) is 24.6. The van der Waals surface area contributed by atoms with Crippen molar-refractivity contribution in [3.8, 4) is 0 Å². The van der Waals surface area contributed by atoms with Crippen LogP contribution in [0.4, 0.5) is 0 Å². The second kappa shape index (κ2) is 76.8. The number of carbonyl (C=O) groups excluding carboxylic acids is 2. The zero-order chi connectivity index (χ0) is 62.8. The third kappa shape index (κ3) is 73.3. The second-order valence-electron chi connectivity index (χ2n) is 27.7. The summed E-state index contributed by atoms with van der Waals surface area (Å²) in [6.07, 6.45) is 98.4. The first-order chi connectivity index (χ1) is 43.0. The minimum atomic E-state index is -0.664. The van der Waals surface area contributed by atoms with Gasteiger partial charge in [0.05, 0.1) is 25.4 Å². The van der Waals surface area contributed by atoms with Crippen LogP contribution in [0.3, 0.4) is 0 Å². The highest BCUT2D eigenvalue weighted by atomic mass is 16.5. The standard InChI is InChI=1S/C81H157NO5/c1-3-5-7-9-11-13-15-17-19-20-21-22-23-31-34-37-40-43-46-49-53-57-61-65-69-73-79(84)78(77-83)82-80(85)74-70-66-62-58-54-50-47-44-41-38-35-32-29-27-25-24-26-28-30-33-36-39-42-45-48-52-56-60-64-68-72-76-87-81(86)75-71-67-63-59-55-51-18-16-14-12-10-8-6-4-2/h16,18,26,28,78-79,83-84H,3-15,17,19-25,27,29-77H2,1-2H3,(H,82,85)/b18-16-,28-26-. The van der Waals surface area contributed by atoms with Crippen molar-refractivity contribution >= 4 is 11.9 Å². The first-order valence-corrected chi connectivity index (χ1v) is 40.1. The van der Waals surface area contributed by atoms with E-state index in [2.05, 4.69) is 43.5 Å². The van der Waals surface area contributed by atoms with Gasteiger partial charge in [-0.3, -0.25) is 9.59 Å². The molecule has 2 unspecified atom stereocenters. The maximum absolute atomic E-state index is 12.6. The average molecular weight is 1230 g/mol. The van der Waals surface area contributed by atoms with Crippen molar-refractivity contribution < 1.29 is 24.5 Å². The summed E-state index contributed by atoms with van der Waals surface area (Å²) in [6.45, 7) is 4.99. The molecule has 0 bridgehead atoms. The molecule has 0 aromatic heterocycles. The average Bonchev–Trinajstić information content (AvgIpc) is 3.52. The first-order valence-electron chi connectivity index (χ1n) is 40.1. The molecule has 6 nitrogen and oxygen atoms in total. The number of hydrogen-bond donors (Lipinski definition) is 3. The number of nitrogens with one attached hydrogen (secondary N) is 1. The van der Waals surface area contributed by atoms with Gasteiger partial charge in [0.15, 0.2) is 0 Å². The number of unbranched alkanes of at least 4 members (excludes halogenated alkanes) is 61. The zero-order valence-corrected chi connectivity index (χ0v) is 59.3. The molecule has 0 aromatic rings. The van der Waals surface area contributed by atoms with Crippen LogP contribution in [0.1, 0.15) is 457 Å². The molecule has 516 valence electrons. The fourth-order valence-electron chi connectivity index (χ4n) is 12.9. The van der Waals surface area contributed by atoms with Gasteiger partial charge in [-0.2, -0.15) is 0 Å². The van der Waals surface area contributed by atoms with Crippen LogP contribution in [0.2, 0.25) is 0 Å². The molecule has 0 rings (SSSR count). The lowest BCUT2D eigenvalue weighted by Crippen LogP contribution is -2.45. The zero-order valence-electron chi connectivity index (χ0n) is 59.3. The SMILES string of the molecule is CCCCCCC/C=C\CCCCCCCC(=O)OCCCCCCCCCCCCCC/C=C\CCCCCCCCCCCCCCCCCC(=O)NC(CO)C(O)CCCCCCCCCCCCCCCCCCCCCCCCCCC. The van der Waals surface area contributed by atoms with Crippen molar-refractivity contribution in [3.63, 3.8) is 0 Å². The van der Waals surface area contributed by atoms with E-state index in [4.69, 9.17) is 4.74 Å². The van der Waals surface area contributed by atoms with Crippen LogP contribution in [0.15, 0.2) is 24.3 Å². The Morgan fingerprint density at radius 1 is 0.310 bits per heavy atom. The van der Waals surface area contributed by atoms with Gasteiger partial charge < -0.3 is 20.3 Å². The number of aliphatic hydroxyl groups excluding tert-OH is 2. The van der Waals surface area contributed by atoms with Gasteiger partial charge in [0.2, 0.25) is 5.91 Å². The van der Waals surface area contributed by atoms with Gasteiger partial charge in [0.1, 0.15) is 0 Å². The van der Waals surface area contributed by atoms with Crippen LogP contribution < -0.4 is 5.32 Å². The minimum Gasteiger partial charge on any atom is -0.466 e. The maximum Gasteiger partial charge on any atom is 0.305 e. The van der Waals surface area contributed by atoms with E-state index in [1.54, 1.807) is 0 Å². The monoisotopic (exact) mass is 1220 g/mol. The maximum atomic E-state index is 12.6. The van der Waals surface area contributed by atoms with E-state index in [9.17, 15) is 19.8 Å². The Balaban J connectivity index is 3.36. The molecule has 0 aromatic carbocycles. The van der Waals surface area contributed by atoms with Gasteiger partial charge >= 0.3 is 5.97 Å². The van der Waals surface area contributed by atoms with E-state index in [0.717, 1.165) is 44.9 Å². The Morgan fingerprint density at radius 2 is 0.540 bits per heavy atom. The number of aliphatic hydroxyl groups is 2. The summed E-state index contributed by atoms with van der Waals surface area (Å²) in [5.41, 5.74) is 0. The molecule has 6 heteroatoms. The Kier molecular flexibility index (Phi) is 75.3. The third-order valence-electron chi connectivity index (χ3n) is 19.0. The lowest BCUT2D eigenvalue weighted by molar-refractivity contribution is -0.143. The number of carbonyl (C=O) groups is 2. The molecular formula is C81H157NO5. The lowest BCUT2D eigenvalue weighted by atomic mass is 10.0. The molecule has 0 aliphatic carbocycles. The molecule has 87 heavy (non-hydrogen) atoms. The summed E-state index contributed by atoms with van der Waals surface area (Å²) in [5.74, 6) is -0.0168. The molecular weight excluding hydrogens is 1070 g/mol. The fourth-order valence-corrected chi connectivity index (χ4v) is 12.9. The van der Waals surface area contributed by atoms with Gasteiger partial charge in [-0.05, 0) is 77.0 Å². The Labute approximate surface area is 545 Å². The second-order valence-corrected chi connectivity index (χ2v) is 27.7. The quantitative estimate of drug-likeness (QED) is 0.0320. The predicted octanol–water partition coefficient (Wildman–Crippen LogP) is 26.4. The van der Waals surface area contributed by atoms with Crippen LogP contribution >= 0.6 is 0 Å². The molecule has 2 atom stereocenters. The molecule has 0 spiro atoms. The number of hydrogen-bond acceptors (Lipinski definition) is 5. The van der Waals surface area contributed by atoms with Crippen molar-refractivity contribution in [2.24, 2.45) is 0 Å². The van der Waals surface area contributed by atoms with Crippen LogP contribution in [0, 0.1) is 0 Å². The predicted molar refractivity (Wildman–Crippen MR) is 384 cm³/mol. The van der Waals surface area contributed by atoms with Gasteiger partial charge in [0.25, 0.3) is 0 Å². The highest BCUT2D eigenvalue weighted by Crippen LogP contribution is 2.20. The Hall–Kier alpha value is -1.66. The normalized spacial score (nSPS) is 12.6. The van der Waals surface area contributed by atoms with E-state index in [1.165, 1.54) is 379 Å². The number of ether oxygens (including phenoxy) is 1. The van der Waals surface area contributed by atoms with E-state index < -0.39 is 12.1 Å². The highest BCUT2D eigenvalue weighted by molar-refractivity contribution is 5.76. The summed E-state index contributed by atoms with van der Waals surface area (Å²) < 4.78 is 5.49. The van der Waals surface area contributed by atoms with E-state index in [-0.39, 0.29) is 18.5 Å². The minimum absolute atomic E-state index is 0.0102. The fraction of sp³-hybridized carbons (Fsp3) is 0.926. The van der Waals surface area contributed by atoms with Crippen molar-refractivity contribution in [2.75, 3.05) is 13.2 Å². The van der Waals surface area contributed by atoms with Gasteiger partial charge in [-0.1, -0.05) is 391 Å². The summed E-state index contributed by atoms with van der Waals surface area (Å²) >= 11 is 0. The van der Waals surface area contributed by atoms with Crippen molar-refractivity contribution in [1.82, 2.24) is 5.32 Å². The number of esters is 1. The van der Waals surface area contributed by atoms with E-state index in [1.807, 2.05) is 0 Å². The summed E-state index contributed by atoms with van der Waals surface area (Å²) in [7, 11) is 0. The molecule has 0 aliphatic heterocycles. The van der Waals surface area contributed by atoms with Gasteiger partial charge in [-0.25, -0.2) is 0 Å². The van der Waals surface area contributed by atoms with Gasteiger partial charge in [0, 0.05) is 12.8 Å². The lowest BCUT2D eigenvalue weighted by Gasteiger charge is -2.22. The van der Waals surface area contributed by atoms with Crippen molar-refractivity contribution in [1.29, 1.82) is 0 Å². The van der Waals surface area contributed by atoms with Crippen LogP contribution in [-0.2, 0) is 14.3 Å². The van der Waals surface area contributed by atoms with Crippen LogP contribution in [0.5, 0.6) is 0 Å². The highest BCUT2D eigenvalue weighted by Gasteiger charge is 2.20. The molecule has 0 saturated carbocycles. The van der Waals surface area contributed by atoms with Crippen molar-refractivity contribution in [3.05, 3.63) is 24.3 Å². The van der Waals surface area contributed by atoms with Crippen LogP contribution in [0.25, 0.3) is 0 Å². The first kappa shape index (κ1) is 85.3. The number of rotatable bonds is 76. The molecule has 0 saturated heterocycles. The third-order valence-corrected chi connectivity index (χ3v) is 19.0. The van der Waals surface area contributed by atoms with E-state index >= 15 is 0 Å². The molecule has 0 fully saturated rings. The molecule has 3 N–H and O–H groups in total. The smallest absolute Gasteiger partial charge is 0.305 e. The Bertz CT molecular complexity index is 1360.